The first-order valence-electron chi connectivity index (χ1n) is 11.6. The van der Waals surface area contributed by atoms with Crippen LogP contribution in [0.4, 0.5) is 0 Å². The highest BCUT2D eigenvalue weighted by molar-refractivity contribution is 6.10. The van der Waals surface area contributed by atoms with Gasteiger partial charge in [0.05, 0.1) is 32.8 Å². The first kappa shape index (κ1) is 23.8. The standard InChI is InChI=1S/C29H29NO6/c1-30(2)17-22-25(18-9-7-6-8-10-18)29(19-11-13-20(33-3)14-12-19)28(32,27(22)31)26-23(35-5)15-21(34-4)16-24(26)36-29/h6-17,25,32H,1-5H3. The van der Waals surface area contributed by atoms with E-state index in [1.807, 2.05) is 61.5 Å². The van der Waals surface area contributed by atoms with Gasteiger partial charge in [-0.3, -0.25) is 4.79 Å². The van der Waals surface area contributed by atoms with Gasteiger partial charge in [-0.25, -0.2) is 0 Å². The molecule has 2 aliphatic rings. The zero-order valence-corrected chi connectivity index (χ0v) is 20.9. The van der Waals surface area contributed by atoms with Crippen LogP contribution in [-0.2, 0) is 16.0 Å². The molecule has 3 aromatic carbocycles. The van der Waals surface area contributed by atoms with Crippen LogP contribution in [0.15, 0.2) is 78.5 Å². The fourth-order valence-corrected chi connectivity index (χ4v) is 5.57. The number of carbonyl (C=O) groups is 1. The van der Waals surface area contributed by atoms with E-state index >= 15 is 0 Å². The summed E-state index contributed by atoms with van der Waals surface area (Å²) in [6, 6.07) is 20.2. The normalized spacial score (nSPS) is 25.2. The van der Waals surface area contributed by atoms with E-state index in [2.05, 4.69) is 0 Å². The number of hydrogen-bond acceptors (Lipinski definition) is 7. The molecule has 1 aliphatic carbocycles. The van der Waals surface area contributed by atoms with Crippen molar-refractivity contribution in [3.8, 4) is 23.0 Å². The van der Waals surface area contributed by atoms with Gasteiger partial charge < -0.3 is 29.0 Å². The number of hydrogen-bond donors (Lipinski definition) is 1. The van der Waals surface area contributed by atoms with Gasteiger partial charge in [-0.05, 0) is 17.7 Å². The summed E-state index contributed by atoms with van der Waals surface area (Å²) in [6.07, 6.45) is 1.76. The maximum atomic E-state index is 14.4. The average molecular weight is 488 g/mol. The Hall–Kier alpha value is -3.97. The van der Waals surface area contributed by atoms with Crippen LogP contribution < -0.4 is 18.9 Å². The quantitative estimate of drug-likeness (QED) is 0.527. The van der Waals surface area contributed by atoms with Gasteiger partial charge in [0.1, 0.15) is 23.0 Å². The molecule has 0 saturated heterocycles. The number of nitrogens with zero attached hydrogens (tertiary/aromatic N) is 1. The van der Waals surface area contributed by atoms with E-state index in [9.17, 15) is 9.90 Å². The zero-order valence-electron chi connectivity index (χ0n) is 20.9. The summed E-state index contributed by atoms with van der Waals surface area (Å²) >= 11 is 0. The van der Waals surface area contributed by atoms with E-state index in [0.717, 1.165) is 5.56 Å². The number of aliphatic hydroxyl groups is 1. The molecule has 3 unspecified atom stereocenters. The predicted molar refractivity (Wildman–Crippen MR) is 135 cm³/mol. The second-order valence-corrected chi connectivity index (χ2v) is 9.20. The summed E-state index contributed by atoms with van der Waals surface area (Å²) in [5.41, 5.74) is -1.39. The number of rotatable bonds is 6. The van der Waals surface area contributed by atoms with Crippen LogP contribution in [0, 0.1) is 0 Å². The van der Waals surface area contributed by atoms with Crippen LogP contribution >= 0.6 is 0 Å². The highest BCUT2D eigenvalue weighted by atomic mass is 16.5. The molecule has 0 radical (unpaired) electrons. The molecule has 0 bridgehead atoms. The second-order valence-electron chi connectivity index (χ2n) is 9.20. The molecule has 5 rings (SSSR count). The van der Waals surface area contributed by atoms with Crippen molar-refractivity contribution in [2.24, 2.45) is 0 Å². The predicted octanol–water partition coefficient (Wildman–Crippen LogP) is 4.00. The Kier molecular flexibility index (Phi) is 5.68. The van der Waals surface area contributed by atoms with Crippen molar-refractivity contribution in [1.29, 1.82) is 0 Å². The highest BCUT2D eigenvalue weighted by Gasteiger charge is 2.76. The summed E-state index contributed by atoms with van der Waals surface area (Å²) in [4.78, 5) is 16.2. The molecule has 1 aliphatic heterocycles. The molecule has 186 valence electrons. The number of ether oxygens (including phenoxy) is 4. The van der Waals surface area contributed by atoms with Crippen LogP contribution in [-0.4, -0.2) is 51.2 Å². The average Bonchev–Trinajstić information content (AvgIpc) is 3.26. The molecule has 3 atom stereocenters. The van der Waals surface area contributed by atoms with Gasteiger partial charge in [0.2, 0.25) is 11.4 Å². The van der Waals surface area contributed by atoms with Gasteiger partial charge in [0, 0.05) is 43.6 Å². The smallest absolute Gasteiger partial charge is 0.204 e. The lowest BCUT2D eigenvalue weighted by Crippen LogP contribution is -2.50. The highest BCUT2D eigenvalue weighted by Crippen LogP contribution is 2.68. The van der Waals surface area contributed by atoms with Crippen molar-refractivity contribution in [2.45, 2.75) is 17.1 Å². The summed E-state index contributed by atoms with van der Waals surface area (Å²) in [7, 11) is 8.32. The molecule has 1 fully saturated rings. The van der Waals surface area contributed by atoms with Gasteiger partial charge in [-0.2, -0.15) is 0 Å². The number of fused-ring (bicyclic) bond motifs is 3. The Morgan fingerprint density at radius 2 is 1.58 bits per heavy atom. The Labute approximate surface area is 210 Å². The Balaban J connectivity index is 1.90. The van der Waals surface area contributed by atoms with E-state index in [0.29, 0.717) is 34.1 Å². The van der Waals surface area contributed by atoms with Crippen LogP contribution in [0.2, 0.25) is 0 Å². The largest absolute Gasteiger partial charge is 0.497 e. The third-order valence-electron chi connectivity index (χ3n) is 7.02. The lowest BCUT2D eigenvalue weighted by atomic mass is 9.71. The van der Waals surface area contributed by atoms with Crippen LogP contribution in [0.5, 0.6) is 23.0 Å². The molecule has 7 nitrogen and oxygen atoms in total. The van der Waals surface area contributed by atoms with Crippen LogP contribution in [0.3, 0.4) is 0 Å². The van der Waals surface area contributed by atoms with Crippen LogP contribution in [0.25, 0.3) is 0 Å². The topological polar surface area (TPSA) is 77.5 Å². The van der Waals surface area contributed by atoms with Crippen LogP contribution in [0.1, 0.15) is 22.6 Å². The van der Waals surface area contributed by atoms with Gasteiger partial charge in [-0.15, -0.1) is 0 Å². The first-order valence-corrected chi connectivity index (χ1v) is 11.6. The number of methoxy groups -OCH3 is 3. The van der Waals surface area contributed by atoms with E-state index in [-0.39, 0.29) is 5.56 Å². The molecule has 1 heterocycles. The van der Waals surface area contributed by atoms with Crippen molar-refractivity contribution < 1.29 is 28.8 Å². The molecule has 1 saturated carbocycles. The fraction of sp³-hybridized carbons (Fsp3) is 0.276. The Bertz CT molecular complexity index is 1330. The third-order valence-corrected chi connectivity index (χ3v) is 7.02. The van der Waals surface area contributed by atoms with Gasteiger partial charge in [0.15, 0.2) is 5.60 Å². The SMILES string of the molecule is COc1ccc(C23Oc4cc(OC)cc(OC)c4C2(O)C(=O)C(=CN(C)C)C3c2ccccc2)cc1. The molecule has 3 aromatic rings. The molecule has 36 heavy (non-hydrogen) atoms. The Morgan fingerprint density at radius 3 is 2.17 bits per heavy atom. The molecule has 0 spiro atoms. The van der Waals surface area contributed by atoms with Crippen molar-refractivity contribution in [2.75, 3.05) is 35.4 Å². The molecule has 0 aromatic heterocycles. The molecule has 1 N–H and O–H groups in total. The number of ketones is 1. The van der Waals surface area contributed by atoms with E-state index in [4.69, 9.17) is 18.9 Å². The summed E-state index contributed by atoms with van der Waals surface area (Å²) in [5.74, 6) is 0.722. The van der Waals surface area contributed by atoms with Crippen molar-refractivity contribution in [1.82, 2.24) is 4.90 Å². The summed E-state index contributed by atoms with van der Waals surface area (Å²) in [6.45, 7) is 0. The van der Waals surface area contributed by atoms with Crippen molar-refractivity contribution >= 4 is 5.78 Å². The van der Waals surface area contributed by atoms with Gasteiger partial charge in [0.25, 0.3) is 0 Å². The lowest BCUT2D eigenvalue weighted by Gasteiger charge is -2.39. The molecule has 0 amide bonds. The lowest BCUT2D eigenvalue weighted by molar-refractivity contribution is -0.150. The molecular formula is C29H29NO6. The molecule has 7 heteroatoms. The summed E-state index contributed by atoms with van der Waals surface area (Å²) < 4.78 is 23.3. The van der Waals surface area contributed by atoms with Crippen molar-refractivity contribution in [3.05, 3.63) is 95.2 Å². The van der Waals surface area contributed by atoms with Gasteiger partial charge in [-0.1, -0.05) is 42.5 Å². The van der Waals surface area contributed by atoms with E-state index < -0.39 is 22.9 Å². The van der Waals surface area contributed by atoms with Crippen molar-refractivity contribution in [3.63, 3.8) is 0 Å². The van der Waals surface area contributed by atoms with E-state index in [1.165, 1.54) is 7.11 Å². The Morgan fingerprint density at radius 1 is 0.917 bits per heavy atom. The maximum absolute atomic E-state index is 14.4. The number of carbonyl (C=O) groups excluding carboxylic acids is 1. The number of Topliss-reactive ketones (excluding diaryl/α,β-unsaturated/α-hetero) is 1. The first-order chi connectivity index (χ1) is 17.3. The monoisotopic (exact) mass is 487 g/mol. The number of benzene rings is 3. The van der Waals surface area contributed by atoms with E-state index in [1.54, 1.807) is 44.7 Å². The van der Waals surface area contributed by atoms with Gasteiger partial charge >= 0.3 is 0 Å². The third kappa shape index (κ3) is 3.12. The minimum atomic E-state index is -2.07. The maximum Gasteiger partial charge on any atom is 0.204 e. The summed E-state index contributed by atoms with van der Waals surface area (Å²) in [5, 5.41) is 12.7. The second kappa shape index (κ2) is 8.60. The zero-order chi connectivity index (χ0) is 25.7. The minimum Gasteiger partial charge on any atom is -0.497 e. The molecular weight excluding hydrogens is 458 g/mol. The fourth-order valence-electron chi connectivity index (χ4n) is 5.57. The minimum absolute atomic E-state index is 0.287.